The van der Waals surface area contributed by atoms with Crippen molar-refractivity contribution in [1.82, 2.24) is 4.72 Å². The first kappa shape index (κ1) is 18.1. The van der Waals surface area contributed by atoms with E-state index in [2.05, 4.69) is 4.72 Å². The van der Waals surface area contributed by atoms with Crippen LogP contribution >= 0.6 is 0 Å². The van der Waals surface area contributed by atoms with Gasteiger partial charge in [0, 0.05) is 0 Å². The molecule has 0 spiro atoms. The number of sulfonamides is 1. The first-order valence-electron chi connectivity index (χ1n) is 8.94. The third-order valence-corrected chi connectivity index (χ3v) is 6.80. The van der Waals surface area contributed by atoms with Gasteiger partial charge in [0.25, 0.3) is 0 Å². The molecule has 1 aliphatic heterocycles. The number of methoxy groups -OCH3 is 1. The topological polar surface area (TPSA) is 73.9 Å². The summed E-state index contributed by atoms with van der Waals surface area (Å²) in [5.74, 6) is 1.70. The third kappa shape index (κ3) is 3.26. The number of fused-ring (bicyclic) bond motifs is 1. The maximum Gasteiger partial charge on any atom is 0.245 e. The Morgan fingerprint density at radius 3 is 2.33 bits per heavy atom. The van der Waals surface area contributed by atoms with Gasteiger partial charge in [-0.1, -0.05) is 6.07 Å². The lowest BCUT2D eigenvalue weighted by molar-refractivity contribution is 0.171. The Kier molecular flexibility index (Phi) is 4.31. The second-order valence-electron chi connectivity index (χ2n) is 7.13. The quantitative estimate of drug-likeness (QED) is 0.851. The highest BCUT2D eigenvalue weighted by molar-refractivity contribution is 7.89. The molecule has 0 atom stereocenters. The Labute approximate surface area is 159 Å². The Balaban J connectivity index is 1.68. The fourth-order valence-electron chi connectivity index (χ4n) is 3.36. The van der Waals surface area contributed by atoms with E-state index in [1.54, 1.807) is 12.1 Å². The standard InChI is InChI=1S/C20H23NO5S/c1-13-10-18(24-3)19(11-14(13)2)27(22,23)21-20(6-7-20)15-4-5-16-17(12-15)26-9-8-25-16/h4-5,10-12,21H,6-9H2,1-3H3. The largest absolute Gasteiger partial charge is 0.495 e. The van der Waals surface area contributed by atoms with Crippen LogP contribution in [0.4, 0.5) is 0 Å². The lowest BCUT2D eigenvalue weighted by Gasteiger charge is -2.23. The molecule has 0 saturated heterocycles. The monoisotopic (exact) mass is 389 g/mol. The van der Waals surface area contributed by atoms with Crippen molar-refractivity contribution >= 4 is 10.0 Å². The lowest BCUT2D eigenvalue weighted by Crippen LogP contribution is -2.35. The van der Waals surface area contributed by atoms with Gasteiger partial charge in [0.15, 0.2) is 11.5 Å². The number of hydrogen-bond donors (Lipinski definition) is 1. The highest BCUT2D eigenvalue weighted by Gasteiger charge is 2.48. The van der Waals surface area contributed by atoms with Crippen LogP contribution in [0.5, 0.6) is 17.2 Å². The summed E-state index contributed by atoms with van der Waals surface area (Å²) in [6.07, 6.45) is 1.47. The van der Waals surface area contributed by atoms with E-state index in [-0.39, 0.29) is 4.90 Å². The molecule has 1 heterocycles. The molecule has 0 radical (unpaired) electrons. The minimum Gasteiger partial charge on any atom is -0.495 e. The predicted molar refractivity (Wildman–Crippen MR) is 101 cm³/mol. The smallest absolute Gasteiger partial charge is 0.245 e. The van der Waals surface area contributed by atoms with Crippen LogP contribution in [0.3, 0.4) is 0 Å². The summed E-state index contributed by atoms with van der Waals surface area (Å²) >= 11 is 0. The number of rotatable bonds is 5. The number of hydrogen-bond acceptors (Lipinski definition) is 5. The Morgan fingerprint density at radius 2 is 1.67 bits per heavy atom. The molecule has 27 heavy (non-hydrogen) atoms. The zero-order valence-corrected chi connectivity index (χ0v) is 16.5. The summed E-state index contributed by atoms with van der Waals surface area (Å²) in [5.41, 5.74) is 2.16. The van der Waals surface area contributed by atoms with E-state index >= 15 is 0 Å². The van der Waals surface area contributed by atoms with Gasteiger partial charge in [0.05, 0.1) is 12.6 Å². The van der Waals surface area contributed by atoms with Crippen LogP contribution in [-0.2, 0) is 15.6 Å². The fraction of sp³-hybridized carbons (Fsp3) is 0.400. The number of benzene rings is 2. The molecular weight excluding hydrogens is 366 g/mol. The highest BCUT2D eigenvalue weighted by Crippen LogP contribution is 2.49. The van der Waals surface area contributed by atoms with Crippen molar-refractivity contribution in [2.45, 2.75) is 37.1 Å². The van der Waals surface area contributed by atoms with E-state index in [0.717, 1.165) is 29.5 Å². The fourth-order valence-corrected chi connectivity index (χ4v) is 5.05. The molecule has 0 bridgehead atoms. The second-order valence-corrected chi connectivity index (χ2v) is 8.78. The number of aryl methyl sites for hydroxylation is 2. The zero-order chi connectivity index (χ0) is 19.2. The lowest BCUT2D eigenvalue weighted by atomic mass is 10.1. The minimum absolute atomic E-state index is 0.164. The highest BCUT2D eigenvalue weighted by atomic mass is 32.2. The maximum atomic E-state index is 13.1. The van der Waals surface area contributed by atoms with Crippen molar-refractivity contribution in [1.29, 1.82) is 0 Å². The van der Waals surface area contributed by atoms with Gasteiger partial charge in [-0.2, -0.15) is 0 Å². The molecule has 1 aliphatic carbocycles. The number of ether oxygens (including phenoxy) is 3. The molecule has 0 aromatic heterocycles. The molecule has 144 valence electrons. The summed E-state index contributed by atoms with van der Waals surface area (Å²) in [5, 5.41) is 0. The molecule has 2 aromatic rings. The van der Waals surface area contributed by atoms with Gasteiger partial charge >= 0.3 is 0 Å². The van der Waals surface area contributed by atoms with Gasteiger partial charge in [-0.15, -0.1) is 0 Å². The van der Waals surface area contributed by atoms with Gasteiger partial charge in [-0.25, -0.2) is 13.1 Å². The normalized spacial score (nSPS) is 17.4. The van der Waals surface area contributed by atoms with Crippen LogP contribution in [0.1, 0.15) is 29.5 Å². The molecule has 6 nitrogen and oxygen atoms in total. The van der Waals surface area contributed by atoms with Crippen LogP contribution in [0, 0.1) is 13.8 Å². The van der Waals surface area contributed by atoms with E-state index in [1.165, 1.54) is 7.11 Å². The van der Waals surface area contributed by atoms with Gasteiger partial charge in [-0.05, 0) is 67.6 Å². The van der Waals surface area contributed by atoms with Crippen molar-refractivity contribution < 1.29 is 22.6 Å². The van der Waals surface area contributed by atoms with Gasteiger partial charge in [0.2, 0.25) is 10.0 Å². The molecule has 1 fully saturated rings. The average molecular weight is 389 g/mol. The molecule has 2 aliphatic rings. The summed E-state index contributed by atoms with van der Waals surface area (Å²) in [6.45, 7) is 4.84. The van der Waals surface area contributed by atoms with Crippen LogP contribution < -0.4 is 18.9 Å². The van der Waals surface area contributed by atoms with Gasteiger partial charge in [0.1, 0.15) is 23.9 Å². The molecule has 7 heteroatoms. The van der Waals surface area contributed by atoms with E-state index in [9.17, 15) is 8.42 Å². The molecule has 4 rings (SSSR count). The van der Waals surface area contributed by atoms with Crippen LogP contribution in [0.25, 0.3) is 0 Å². The van der Waals surface area contributed by atoms with Crippen molar-refractivity contribution in [3.8, 4) is 17.2 Å². The summed E-state index contributed by atoms with van der Waals surface area (Å²) in [4.78, 5) is 0.164. The van der Waals surface area contributed by atoms with E-state index in [0.29, 0.717) is 30.5 Å². The molecule has 0 amide bonds. The van der Waals surface area contributed by atoms with Crippen LogP contribution in [0.15, 0.2) is 35.2 Å². The van der Waals surface area contributed by atoms with Crippen molar-refractivity contribution in [2.75, 3.05) is 20.3 Å². The first-order chi connectivity index (χ1) is 12.8. The minimum atomic E-state index is -3.75. The van der Waals surface area contributed by atoms with E-state index in [1.807, 2.05) is 32.0 Å². The molecule has 1 saturated carbocycles. The van der Waals surface area contributed by atoms with Crippen molar-refractivity contribution in [3.63, 3.8) is 0 Å². The van der Waals surface area contributed by atoms with E-state index < -0.39 is 15.6 Å². The maximum absolute atomic E-state index is 13.1. The Hall–Kier alpha value is -2.25. The van der Waals surface area contributed by atoms with Gasteiger partial charge in [-0.3, -0.25) is 0 Å². The summed E-state index contributed by atoms with van der Waals surface area (Å²) < 4.78 is 45.7. The molecule has 0 unspecified atom stereocenters. The first-order valence-corrected chi connectivity index (χ1v) is 10.4. The summed E-state index contributed by atoms with van der Waals surface area (Å²) in [6, 6.07) is 9.04. The van der Waals surface area contributed by atoms with Crippen LogP contribution in [-0.4, -0.2) is 28.7 Å². The Bertz CT molecular complexity index is 996. The summed E-state index contributed by atoms with van der Waals surface area (Å²) in [7, 11) is -2.27. The third-order valence-electron chi connectivity index (χ3n) is 5.24. The van der Waals surface area contributed by atoms with Crippen molar-refractivity contribution in [3.05, 3.63) is 47.0 Å². The zero-order valence-electron chi connectivity index (χ0n) is 15.7. The predicted octanol–water partition coefficient (Wildman–Crippen LogP) is 3.05. The van der Waals surface area contributed by atoms with Gasteiger partial charge < -0.3 is 14.2 Å². The van der Waals surface area contributed by atoms with Crippen molar-refractivity contribution in [2.24, 2.45) is 0 Å². The number of nitrogens with one attached hydrogen (secondary N) is 1. The molecule has 2 aromatic carbocycles. The average Bonchev–Trinajstić information content (AvgIpc) is 3.43. The molecular formula is C20H23NO5S. The SMILES string of the molecule is COc1cc(C)c(C)cc1S(=O)(=O)NC1(c2ccc3c(c2)OCCO3)CC1. The molecule has 1 N–H and O–H groups in total. The Morgan fingerprint density at radius 1 is 1.00 bits per heavy atom. The van der Waals surface area contributed by atoms with E-state index in [4.69, 9.17) is 14.2 Å². The second kappa shape index (κ2) is 6.42. The van der Waals surface area contributed by atoms with Crippen LogP contribution in [0.2, 0.25) is 0 Å².